The van der Waals surface area contributed by atoms with Gasteiger partial charge in [0.15, 0.2) is 5.96 Å². The molecule has 0 bridgehead atoms. The van der Waals surface area contributed by atoms with Crippen molar-refractivity contribution < 1.29 is 9.13 Å². The van der Waals surface area contributed by atoms with Crippen molar-refractivity contribution in [3.8, 4) is 0 Å². The number of halogens is 1. The number of hydrogen-bond donors (Lipinski definition) is 2. The Labute approximate surface area is 150 Å². The highest BCUT2D eigenvalue weighted by molar-refractivity contribution is 5.79. The normalized spacial score (nSPS) is 14.5. The zero-order chi connectivity index (χ0) is 18.1. The maximum Gasteiger partial charge on any atom is 0.191 e. The van der Waals surface area contributed by atoms with Crippen LogP contribution in [0.25, 0.3) is 0 Å². The number of ether oxygens (including phenoxy) is 1. The number of nitrogens with one attached hydrogen (secondary N) is 2. The summed E-state index contributed by atoms with van der Waals surface area (Å²) in [5.74, 6) is 1.34. The minimum absolute atomic E-state index is 0.219. The molecule has 1 aliphatic rings. The first-order chi connectivity index (χ1) is 12.1. The maximum absolute atomic E-state index is 14.0. The predicted molar refractivity (Wildman–Crippen MR) is 102 cm³/mol. The van der Waals surface area contributed by atoms with Gasteiger partial charge >= 0.3 is 0 Å². The van der Waals surface area contributed by atoms with E-state index < -0.39 is 0 Å². The van der Waals surface area contributed by atoms with Crippen LogP contribution in [0.1, 0.15) is 31.7 Å². The van der Waals surface area contributed by atoms with Gasteiger partial charge in [-0.3, -0.25) is 0 Å². The minimum atomic E-state index is -0.219. The van der Waals surface area contributed by atoms with E-state index in [2.05, 4.69) is 15.6 Å². The average Bonchev–Trinajstić information content (AvgIpc) is 3.39. The summed E-state index contributed by atoms with van der Waals surface area (Å²) < 4.78 is 19.6. The fourth-order valence-electron chi connectivity index (χ4n) is 2.44. The van der Waals surface area contributed by atoms with E-state index in [1.54, 1.807) is 17.0 Å². The molecule has 0 heterocycles. The van der Waals surface area contributed by atoms with E-state index >= 15 is 0 Å². The molecule has 1 fully saturated rings. The van der Waals surface area contributed by atoms with Crippen LogP contribution < -0.4 is 15.5 Å². The fourth-order valence-corrected chi connectivity index (χ4v) is 2.44. The van der Waals surface area contributed by atoms with Crippen LogP contribution in [0.5, 0.6) is 0 Å². The third-order valence-corrected chi connectivity index (χ3v) is 4.07. The van der Waals surface area contributed by atoms with Crippen LogP contribution in [-0.4, -0.2) is 46.4 Å². The molecule has 0 unspecified atom stereocenters. The largest absolute Gasteiger partial charge is 0.381 e. The second kappa shape index (κ2) is 10.2. The predicted octanol–water partition coefficient (Wildman–Crippen LogP) is 2.76. The Bertz CT molecular complexity index is 558. The van der Waals surface area contributed by atoms with Gasteiger partial charge in [0.05, 0.1) is 12.2 Å². The molecule has 2 N–H and O–H groups in total. The smallest absolute Gasteiger partial charge is 0.191 e. The number of guanidine groups is 1. The maximum atomic E-state index is 14.0. The molecular formula is C19H31FN4O. The quantitative estimate of drug-likeness (QED) is 0.387. The first kappa shape index (κ1) is 19.5. The van der Waals surface area contributed by atoms with E-state index in [9.17, 15) is 4.39 Å². The summed E-state index contributed by atoms with van der Waals surface area (Å²) in [6.45, 7) is 5.75. The zero-order valence-corrected chi connectivity index (χ0v) is 15.6. The van der Waals surface area contributed by atoms with Crippen molar-refractivity contribution in [2.75, 3.05) is 45.3 Å². The van der Waals surface area contributed by atoms with Gasteiger partial charge in [-0.15, -0.1) is 0 Å². The Morgan fingerprint density at radius 3 is 2.76 bits per heavy atom. The van der Waals surface area contributed by atoms with Gasteiger partial charge in [0.25, 0.3) is 0 Å². The number of aliphatic imine (C=N–C) groups is 1. The van der Waals surface area contributed by atoms with Crippen molar-refractivity contribution in [3.63, 3.8) is 0 Å². The molecule has 0 spiro atoms. The molecule has 0 radical (unpaired) electrons. The van der Waals surface area contributed by atoms with Gasteiger partial charge in [0, 0.05) is 40.4 Å². The van der Waals surface area contributed by atoms with Crippen molar-refractivity contribution >= 4 is 11.6 Å². The van der Waals surface area contributed by atoms with Crippen molar-refractivity contribution in [1.82, 2.24) is 10.6 Å². The monoisotopic (exact) mass is 350 g/mol. The molecule has 25 heavy (non-hydrogen) atoms. The Balaban J connectivity index is 1.76. The molecule has 1 saturated carbocycles. The summed E-state index contributed by atoms with van der Waals surface area (Å²) in [7, 11) is 3.66. The fraction of sp³-hybridized carbons (Fsp3) is 0.632. The zero-order valence-electron chi connectivity index (χ0n) is 15.6. The minimum Gasteiger partial charge on any atom is -0.381 e. The summed E-state index contributed by atoms with van der Waals surface area (Å²) in [5.41, 5.74) is 1.44. The van der Waals surface area contributed by atoms with Crippen LogP contribution in [0, 0.1) is 11.7 Å². The first-order valence-corrected chi connectivity index (χ1v) is 9.15. The number of benzene rings is 1. The van der Waals surface area contributed by atoms with Gasteiger partial charge < -0.3 is 20.3 Å². The summed E-state index contributed by atoms with van der Waals surface area (Å²) >= 11 is 0. The van der Waals surface area contributed by atoms with Crippen LogP contribution in [0.2, 0.25) is 0 Å². The van der Waals surface area contributed by atoms with Gasteiger partial charge in [-0.25, -0.2) is 9.38 Å². The van der Waals surface area contributed by atoms with E-state index in [0.29, 0.717) is 12.2 Å². The molecule has 2 rings (SSSR count). The molecule has 1 aliphatic carbocycles. The standard InChI is InChI=1S/C19H31FN4O/c1-4-21-19(22-10-5-11-25-14-15-6-7-15)23-13-16-8-9-18(24(2)3)17(20)12-16/h8-9,12,15H,4-7,10-11,13-14H2,1-3H3,(H2,21,22,23). The molecular weight excluding hydrogens is 319 g/mol. The second-order valence-corrected chi connectivity index (χ2v) is 6.67. The molecule has 0 saturated heterocycles. The van der Waals surface area contributed by atoms with Gasteiger partial charge in [-0.05, 0) is 49.8 Å². The van der Waals surface area contributed by atoms with Crippen molar-refractivity contribution in [3.05, 3.63) is 29.6 Å². The van der Waals surface area contributed by atoms with Crippen molar-refractivity contribution in [2.24, 2.45) is 10.9 Å². The molecule has 0 aromatic heterocycles. The lowest BCUT2D eigenvalue weighted by Crippen LogP contribution is -2.38. The summed E-state index contributed by atoms with van der Waals surface area (Å²) in [6.07, 6.45) is 3.60. The van der Waals surface area contributed by atoms with E-state index in [0.717, 1.165) is 50.2 Å². The van der Waals surface area contributed by atoms with E-state index in [1.165, 1.54) is 12.8 Å². The molecule has 6 heteroatoms. The molecule has 5 nitrogen and oxygen atoms in total. The third kappa shape index (κ3) is 7.30. The van der Waals surface area contributed by atoms with Gasteiger partial charge in [-0.2, -0.15) is 0 Å². The first-order valence-electron chi connectivity index (χ1n) is 9.15. The highest BCUT2D eigenvalue weighted by Gasteiger charge is 2.20. The van der Waals surface area contributed by atoms with Gasteiger partial charge in [0.1, 0.15) is 5.82 Å². The molecule has 0 amide bonds. The van der Waals surface area contributed by atoms with Gasteiger partial charge in [0.2, 0.25) is 0 Å². The van der Waals surface area contributed by atoms with E-state index in [4.69, 9.17) is 4.74 Å². The van der Waals surface area contributed by atoms with E-state index in [-0.39, 0.29) is 5.82 Å². The molecule has 0 atom stereocenters. The van der Waals surface area contributed by atoms with E-state index in [1.807, 2.05) is 27.1 Å². The Morgan fingerprint density at radius 1 is 1.32 bits per heavy atom. The van der Waals surface area contributed by atoms with Crippen LogP contribution >= 0.6 is 0 Å². The summed E-state index contributed by atoms with van der Waals surface area (Å²) in [5, 5.41) is 6.51. The molecule has 140 valence electrons. The molecule has 1 aromatic carbocycles. The highest BCUT2D eigenvalue weighted by atomic mass is 19.1. The van der Waals surface area contributed by atoms with Crippen molar-refractivity contribution in [2.45, 2.75) is 32.7 Å². The van der Waals surface area contributed by atoms with Crippen molar-refractivity contribution in [1.29, 1.82) is 0 Å². The van der Waals surface area contributed by atoms with Crippen LogP contribution in [0.15, 0.2) is 23.2 Å². The second-order valence-electron chi connectivity index (χ2n) is 6.67. The number of nitrogens with zero attached hydrogens (tertiary/aromatic N) is 2. The summed E-state index contributed by atoms with van der Waals surface area (Å²) in [6, 6.07) is 5.25. The lowest BCUT2D eigenvalue weighted by Gasteiger charge is -2.14. The van der Waals surface area contributed by atoms with Crippen LogP contribution in [0.3, 0.4) is 0 Å². The SMILES string of the molecule is CCNC(=NCc1ccc(N(C)C)c(F)c1)NCCCOCC1CC1. The topological polar surface area (TPSA) is 48.9 Å². The van der Waals surface area contributed by atoms with Crippen LogP contribution in [0.4, 0.5) is 10.1 Å². The third-order valence-electron chi connectivity index (χ3n) is 4.07. The average molecular weight is 350 g/mol. The lowest BCUT2D eigenvalue weighted by molar-refractivity contribution is 0.123. The number of anilines is 1. The van der Waals surface area contributed by atoms with Gasteiger partial charge in [-0.1, -0.05) is 6.07 Å². The number of rotatable bonds is 10. The number of hydrogen-bond acceptors (Lipinski definition) is 3. The Morgan fingerprint density at radius 2 is 2.12 bits per heavy atom. The van der Waals surface area contributed by atoms with Crippen LogP contribution in [-0.2, 0) is 11.3 Å². The Hall–Kier alpha value is -1.82. The Kier molecular flexibility index (Phi) is 7.98. The molecule has 0 aliphatic heterocycles. The highest BCUT2D eigenvalue weighted by Crippen LogP contribution is 2.28. The molecule has 1 aromatic rings. The lowest BCUT2D eigenvalue weighted by atomic mass is 10.2. The summed E-state index contributed by atoms with van der Waals surface area (Å²) in [4.78, 5) is 6.29.